The van der Waals surface area contributed by atoms with E-state index in [0.717, 1.165) is 17.8 Å². The van der Waals surface area contributed by atoms with E-state index in [0.29, 0.717) is 11.8 Å². The lowest BCUT2D eigenvalue weighted by Crippen LogP contribution is -2.08. The van der Waals surface area contributed by atoms with Crippen LogP contribution in [0.2, 0.25) is 0 Å². The minimum absolute atomic E-state index is 0.354. The molecule has 1 aliphatic rings. The van der Waals surface area contributed by atoms with Crippen molar-refractivity contribution >= 4 is 5.69 Å². The van der Waals surface area contributed by atoms with Crippen molar-refractivity contribution in [1.29, 1.82) is 0 Å². The predicted octanol–water partition coefficient (Wildman–Crippen LogP) is 3.04. The van der Waals surface area contributed by atoms with Gasteiger partial charge >= 0.3 is 0 Å². The number of fused-ring (bicyclic) bond motifs is 1. The zero-order chi connectivity index (χ0) is 11.8. The van der Waals surface area contributed by atoms with Crippen LogP contribution in [0.1, 0.15) is 29.7 Å². The largest absolute Gasteiger partial charge is 0.384 e. The molecule has 0 saturated heterocycles. The Morgan fingerprint density at radius 2 is 2.18 bits per heavy atom. The SMILES string of the molecule is CNc1conc1C1c2ccccc2CC1C. The molecular weight excluding hydrogens is 212 g/mol. The van der Waals surface area contributed by atoms with E-state index in [2.05, 4.69) is 41.7 Å². The average molecular weight is 228 g/mol. The molecule has 88 valence electrons. The summed E-state index contributed by atoms with van der Waals surface area (Å²) in [6.07, 6.45) is 2.81. The standard InChI is InChI=1S/C14H16N2O/c1-9-7-10-5-3-4-6-11(10)13(9)14-12(15-2)8-17-16-14/h3-6,8-9,13,15H,7H2,1-2H3. The summed E-state index contributed by atoms with van der Waals surface area (Å²) < 4.78 is 5.10. The Kier molecular flexibility index (Phi) is 2.39. The van der Waals surface area contributed by atoms with Crippen molar-refractivity contribution in [2.75, 3.05) is 12.4 Å². The molecule has 0 saturated carbocycles. The van der Waals surface area contributed by atoms with Crippen molar-refractivity contribution < 1.29 is 4.52 Å². The minimum atomic E-state index is 0.354. The fourth-order valence-corrected chi connectivity index (χ4v) is 2.87. The van der Waals surface area contributed by atoms with Crippen LogP contribution in [0.4, 0.5) is 5.69 Å². The van der Waals surface area contributed by atoms with Gasteiger partial charge in [-0.3, -0.25) is 0 Å². The molecule has 3 rings (SSSR count). The van der Waals surface area contributed by atoms with Gasteiger partial charge in [0.1, 0.15) is 12.0 Å². The van der Waals surface area contributed by atoms with Gasteiger partial charge in [-0.15, -0.1) is 0 Å². The summed E-state index contributed by atoms with van der Waals surface area (Å²) in [4.78, 5) is 0. The molecule has 0 amide bonds. The molecule has 1 heterocycles. The monoisotopic (exact) mass is 228 g/mol. The Balaban J connectivity index is 2.09. The highest BCUT2D eigenvalue weighted by Crippen LogP contribution is 2.43. The molecule has 0 bridgehead atoms. The lowest BCUT2D eigenvalue weighted by molar-refractivity contribution is 0.400. The van der Waals surface area contributed by atoms with Crippen molar-refractivity contribution in [3.05, 3.63) is 47.3 Å². The lowest BCUT2D eigenvalue weighted by atomic mass is 9.90. The summed E-state index contributed by atoms with van der Waals surface area (Å²) in [5.41, 5.74) is 4.86. The van der Waals surface area contributed by atoms with E-state index in [1.165, 1.54) is 11.1 Å². The van der Waals surface area contributed by atoms with Crippen LogP contribution in [0.5, 0.6) is 0 Å². The molecule has 1 aromatic carbocycles. The van der Waals surface area contributed by atoms with E-state index in [4.69, 9.17) is 4.52 Å². The first-order valence-corrected chi connectivity index (χ1v) is 6.01. The van der Waals surface area contributed by atoms with Gasteiger partial charge in [-0.25, -0.2) is 0 Å². The molecule has 0 radical (unpaired) electrons. The topological polar surface area (TPSA) is 38.1 Å². The van der Waals surface area contributed by atoms with Gasteiger partial charge < -0.3 is 9.84 Å². The van der Waals surface area contributed by atoms with Crippen LogP contribution in [0.25, 0.3) is 0 Å². The second-order valence-corrected chi connectivity index (χ2v) is 4.72. The van der Waals surface area contributed by atoms with E-state index in [1.807, 2.05) is 7.05 Å². The number of rotatable bonds is 2. The quantitative estimate of drug-likeness (QED) is 0.858. The van der Waals surface area contributed by atoms with Crippen LogP contribution >= 0.6 is 0 Å². The Morgan fingerprint density at radius 1 is 1.35 bits per heavy atom. The molecule has 1 aromatic heterocycles. The van der Waals surface area contributed by atoms with E-state index in [9.17, 15) is 0 Å². The Labute approximate surface area is 101 Å². The first kappa shape index (κ1) is 10.4. The number of hydrogen-bond donors (Lipinski definition) is 1. The molecule has 3 heteroatoms. The van der Waals surface area contributed by atoms with Gasteiger partial charge in [0.2, 0.25) is 0 Å². The molecule has 2 aromatic rings. The highest BCUT2D eigenvalue weighted by atomic mass is 16.5. The number of anilines is 1. The highest BCUT2D eigenvalue weighted by molar-refractivity contribution is 5.52. The van der Waals surface area contributed by atoms with Crippen molar-refractivity contribution in [3.8, 4) is 0 Å². The van der Waals surface area contributed by atoms with Crippen LogP contribution in [-0.4, -0.2) is 12.2 Å². The maximum Gasteiger partial charge on any atom is 0.147 e. The average Bonchev–Trinajstić information content (AvgIpc) is 2.90. The summed E-state index contributed by atoms with van der Waals surface area (Å²) >= 11 is 0. The minimum Gasteiger partial charge on any atom is -0.384 e. The molecule has 17 heavy (non-hydrogen) atoms. The maximum absolute atomic E-state index is 5.10. The summed E-state index contributed by atoms with van der Waals surface area (Å²) in [5.74, 6) is 0.928. The van der Waals surface area contributed by atoms with Gasteiger partial charge in [-0.2, -0.15) is 0 Å². The highest BCUT2D eigenvalue weighted by Gasteiger charge is 2.33. The lowest BCUT2D eigenvalue weighted by Gasteiger charge is -2.15. The third-order valence-corrected chi connectivity index (χ3v) is 3.66. The van der Waals surface area contributed by atoms with Crippen molar-refractivity contribution in [2.24, 2.45) is 5.92 Å². The van der Waals surface area contributed by atoms with Crippen LogP contribution < -0.4 is 5.32 Å². The zero-order valence-corrected chi connectivity index (χ0v) is 10.1. The molecule has 1 N–H and O–H groups in total. The Morgan fingerprint density at radius 3 is 3.00 bits per heavy atom. The van der Waals surface area contributed by atoms with Crippen molar-refractivity contribution in [3.63, 3.8) is 0 Å². The van der Waals surface area contributed by atoms with Gasteiger partial charge in [0, 0.05) is 13.0 Å². The summed E-state index contributed by atoms with van der Waals surface area (Å²) in [6.45, 7) is 2.28. The first-order chi connectivity index (χ1) is 8.31. The van der Waals surface area contributed by atoms with Crippen LogP contribution in [0.3, 0.4) is 0 Å². The van der Waals surface area contributed by atoms with E-state index < -0.39 is 0 Å². The van der Waals surface area contributed by atoms with Gasteiger partial charge in [0.05, 0.1) is 5.69 Å². The van der Waals surface area contributed by atoms with Crippen LogP contribution in [0, 0.1) is 5.92 Å². The second kappa shape index (κ2) is 3.91. The third-order valence-electron chi connectivity index (χ3n) is 3.66. The third kappa shape index (κ3) is 1.54. The zero-order valence-electron chi connectivity index (χ0n) is 10.1. The summed E-state index contributed by atoms with van der Waals surface area (Å²) in [6, 6.07) is 8.63. The molecule has 3 nitrogen and oxygen atoms in total. The molecule has 1 aliphatic carbocycles. The molecule has 0 aliphatic heterocycles. The van der Waals surface area contributed by atoms with E-state index >= 15 is 0 Å². The normalized spacial score (nSPS) is 22.5. The predicted molar refractivity (Wildman–Crippen MR) is 67.2 cm³/mol. The number of aromatic nitrogens is 1. The summed E-state index contributed by atoms with van der Waals surface area (Å²) in [5, 5.41) is 7.33. The number of nitrogens with one attached hydrogen (secondary N) is 1. The Hall–Kier alpha value is -1.77. The summed E-state index contributed by atoms with van der Waals surface area (Å²) in [7, 11) is 1.90. The van der Waals surface area contributed by atoms with Crippen molar-refractivity contribution in [1.82, 2.24) is 5.16 Å². The molecule has 2 unspecified atom stereocenters. The second-order valence-electron chi connectivity index (χ2n) is 4.72. The van der Waals surface area contributed by atoms with Crippen LogP contribution in [0.15, 0.2) is 35.1 Å². The number of nitrogens with zero attached hydrogens (tertiary/aromatic N) is 1. The van der Waals surface area contributed by atoms with Crippen molar-refractivity contribution in [2.45, 2.75) is 19.3 Å². The van der Waals surface area contributed by atoms with Gasteiger partial charge in [-0.1, -0.05) is 36.3 Å². The molecule has 0 spiro atoms. The maximum atomic E-state index is 5.10. The Bertz CT molecular complexity index is 533. The van der Waals surface area contributed by atoms with Gasteiger partial charge in [0.25, 0.3) is 0 Å². The molecule has 2 atom stereocenters. The van der Waals surface area contributed by atoms with Gasteiger partial charge in [0.15, 0.2) is 0 Å². The first-order valence-electron chi connectivity index (χ1n) is 6.01. The van der Waals surface area contributed by atoms with Crippen LogP contribution in [-0.2, 0) is 6.42 Å². The number of benzene rings is 1. The van der Waals surface area contributed by atoms with Gasteiger partial charge in [-0.05, 0) is 23.5 Å². The molecule has 0 fully saturated rings. The van der Waals surface area contributed by atoms with E-state index in [-0.39, 0.29) is 0 Å². The fourth-order valence-electron chi connectivity index (χ4n) is 2.87. The van der Waals surface area contributed by atoms with E-state index in [1.54, 1.807) is 6.26 Å². The molecular formula is C14H16N2O. The smallest absolute Gasteiger partial charge is 0.147 e. The fraction of sp³-hybridized carbons (Fsp3) is 0.357. The number of hydrogen-bond acceptors (Lipinski definition) is 3.